The number of ether oxygens (including phenoxy) is 1. The lowest BCUT2D eigenvalue weighted by Crippen LogP contribution is -2.02. The molecule has 0 amide bonds. The van der Waals surface area contributed by atoms with Gasteiger partial charge in [0, 0.05) is 34.3 Å². The van der Waals surface area contributed by atoms with Crippen molar-refractivity contribution in [3.8, 4) is 11.9 Å². The summed E-state index contributed by atoms with van der Waals surface area (Å²) in [6.45, 7) is 0. The number of aromatic amines is 1. The highest BCUT2D eigenvalue weighted by Crippen LogP contribution is 2.30. The summed E-state index contributed by atoms with van der Waals surface area (Å²) in [4.78, 5) is 4.14. The van der Waals surface area contributed by atoms with Crippen LogP contribution in [0.15, 0.2) is 29.3 Å². The molecule has 25 heavy (non-hydrogen) atoms. The van der Waals surface area contributed by atoms with Crippen LogP contribution in [0.5, 0.6) is 5.88 Å². The van der Waals surface area contributed by atoms with Crippen LogP contribution >= 0.6 is 23.5 Å². The van der Waals surface area contributed by atoms with Gasteiger partial charge in [0.05, 0.1) is 18.7 Å². The van der Waals surface area contributed by atoms with Crippen LogP contribution < -0.4 is 9.46 Å². The lowest BCUT2D eigenvalue weighted by atomic mass is 10.1. The number of H-pyrrole nitrogens is 1. The quantitative estimate of drug-likeness (QED) is 0.621. The van der Waals surface area contributed by atoms with Gasteiger partial charge in [-0.1, -0.05) is 11.6 Å². The number of benzene rings is 1. The maximum atomic E-state index is 14.3. The van der Waals surface area contributed by atoms with E-state index in [1.807, 2.05) is 12.1 Å². The number of hydrogen-bond acceptors (Lipinski definition) is 6. The number of nitrogens with zero attached hydrogens (tertiary/aromatic N) is 3. The first-order valence-electron chi connectivity index (χ1n) is 7.29. The van der Waals surface area contributed by atoms with Gasteiger partial charge < -0.3 is 9.46 Å². The molecule has 0 fully saturated rings. The van der Waals surface area contributed by atoms with Gasteiger partial charge in [-0.05, 0) is 30.7 Å². The molecule has 2 aromatic heterocycles. The van der Waals surface area contributed by atoms with Gasteiger partial charge in [0.1, 0.15) is 5.03 Å². The summed E-state index contributed by atoms with van der Waals surface area (Å²) < 4.78 is 22.3. The average molecular weight is 378 g/mol. The van der Waals surface area contributed by atoms with E-state index in [1.54, 1.807) is 12.1 Å². The summed E-state index contributed by atoms with van der Waals surface area (Å²) >= 11 is 7.07. The predicted octanol–water partition coefficient (Wildman–Crippen LogP) is 4.33. The van der Waals surface area contributed by atoms with E-state index in [4.69, 9.17) is 21.6 Å². The summed E-state index contributed by atoms with van der Waals surface area (Å²) in [6, 6.07) is 8.70. The first-order chi connectivity index (χ1) is 12.1. The maximum Gasteiger partial charge on any atom is 0.218 e. The maximum absolute atomic E-state index is 14.3. The Labute approximate surface area is 152 Å². The van der Waals surface area contributed by atoms with Crippen LogP contribution in [0.4, 0.5) is 10.2 Å². The van der Waals surface area contributed by atoms with Crippen molar-refractivity contribution in [1.82, 2.24) is 15.2 Å². The Kier molecular flexibility index (Phi) is 5.26. The van der Waals surface area contributed by atoms with Gasteiger partial charge in [0.15, 0.2) is 11.6 Å². The third-order valence-corrected chi connectivity index (χ3v) is 4.48. The van der Waals surface area contributed by atoms with E-state index in [0.717, 1.165) is 22.9 Å². The summed E-state index contributed by atoms with van der Waals surface area (Å²) in [6.07, 6.45) is 0.641. The molecule has 128 valence electrons. The van der Waals surface area contributed by atoms with Gasteiger partial charge in [-0.15, -0.1) is 0 Å². The summed E-state index contributed by atoms with van der Waals surface area (Å²) in [5, 5.41) is 17.8. The molecule has 2 N–H and O–H groups in total. The molecule has 0 aliphatic carbocycles. The highest BCUT2D eigenvalue weighted by atomic mass is 35.5. The molecule has 0 saturated heterocycles. The first kappa shape index (κ1) is 17.3. The van der Waals surface area contributed by atoms with E-state index < -0.39 is 5.82 Å². The standard InChI is InChI=1S/C16H13ClFN5OS/c1-24-15-9(3-2-6-19)7-12(18)14(20-15)23-25-16-11-5-4-10(17)8-13(11)21-22-16/h4-5,7-8H,2-3H2,1H3,(H,20,23)(H,21,22). The second kappa shape index (κ2) is 7.59. The van der Waals surface area contributed by atoms with Crippen molar-refractivity contribution in [2.45, 2.75) is 17.9 Å². The van der Waals surface area contributed by atoms with Gasteiger partial charge >= 0.3 is 0 Å². The van der Waals surface area contributed by atoms with E-state index in [0.29, 0.717) is 27.9 Å². The average Bonchev–Trinajstić information content (AvgIpc) is 3.01. The highest BCUT2D eigenvalue weighted by molar-refractivity contribution is 8.00. The second-order valence-electron chi connectivity index (χ2n) is 5.07. The van der Waals surface area contributed by atoms with Crippen LogP contribution in [0, 0.1) is 17.1 Å². The second-order valence-corrected chi connectivity index (χ2v) is 6.30. The number of nitrogens with one attached hydrogen (secondary N) is 2. The number of hydrogen-bond donors (Lipinski definition) is 2. The molecule has 0 unspecified atom stereocenters. The zero-order chi connectivity index (χ0) is 17.8. The fraction of sp³-hybridized carbons (Fsp3) is 0.188. The normalized spacial score (nSPS) is 10.6. The van der Waals surface area contributed by atoms with Crippen LogP contribution in [-0.2, 0) is 6.42 Å². The first-order valence-corrected chi connectivity index (χ1v) is 8.48. The SMILES string of the molecule is COc1nc(NSc2n[nH]c3cc(Cl)ccc23)c(F)cc1CCC#N. The number of halogens is 2. The monoisotopic (exact) mass is 377 g/mol. The Bertz CT molecular complexity index is 956. The lowest BCUT2D eigenvalue weighted by Gasteiger charge is -2.10. The van der Waals surface area contributed by atoms with Crippen molar-refractivity contribution >= 4 is 40.3 Å². The van der Waals surface area contributed by atoms with Crippen LogP contribution in [0.2, 0.25) is 5.02 Å². The Hall–Kier alpha value is -2.50. The van der Waals surface area contributed by atoms with Gasteiger partial charge in [-0.2, -0.15) is 15.3 Å². The Balaban J connectivity index is 1.81. The van der Waals surface area contributed by atoms with Crippen molar-refractivity contribution < 1.29 is 9.13 Å². The largest absolute Gasteiger partial charge is 0.481 e. The number of aryl methyl sites for hydroxylation is 1. The Morgan fingerprint density at radius 1 is 1.44 bits per heavy atom. The molecular formula is C16H13ClFN5OS. The van der Waals surface area contributed by atoms with Crippen LogP contribution in [0.25, 0.3) is 10.9 Å². The van der Waals surface area contributed by atoms with Gasteiger partial charge in [0.25, 0.3) is 0 Å². The number of pyridine rings is 1. The van der Waals surface area contributed by atoms with E-state index in [9.17, 15) is 4.39 Å². The molecule has 0 bridgehead atoms. The topological polar surface area (TPSA) is 86.6 Å². The van der Waals surface area contributed by atoms with Gasteiger partial charge in [-0.25, -0.2) is 4.39 Å². The molecule has 2 heterocycles. The number of methoxy groups -OCH3 is 1. The number of aromatic nitrogens is 3. The van der Waals surface area contributed by atoms with Gasteiger partial charge in [-0.3, -0.25) is 5.10 Å². The molecule has 6 nitrogen and oxygen atoms in total. The lowest BCUT2D eigenvalue weighted by molar-refractivity contribution is 0.391. The van der Waals surface area contributed by atoms with E-state index in [1.165, 1.54) is 13.2 Å². The molecule has 0 aliphatic heterocycles. The Morgan fingerprint density at radius 3 is 3.04 bits per heavy atom. The van der Waals surface area contributed by atoms with Gasteiger partial charge in [0.2, 0.25) is 5.88 Å². The third kappa shape index (κ3) is 3.78. The number of nitriles is 1. The molecule has 0 spiro atoms. The summed E-state index contributed by atoms with van der Waals surface area (Å²) in [5.41, 5.74) is 1.34. The minimum Gasteiger partial charge on any atom is -0.481 e. The van der Waals surface area contributed by atoms with E-state index >= 15 is 0 Å². The van der Waals surface area contributed by atoms with Crippen molar-refractivity contribution in [3.63, 3.8) is 0 Å². The zero-order valence-corrected chi connectivity index (χ0v) is 14.7. The molecule has 0 aliphatic rings. The van der Waals surface area contributed by atoms with Crippen LogP contribution in [-0.4, -0.2) is 22.3 Å². The summed E-state index contributed by atoms with van der Waals surface area (Å²) in [7, 11) is 1.46. The minimum absolute atomic E-state index is 0.0349. The fourth-order valence-electron chi connectivity index (χ4n) is 2.27. The number of rotatable bonds is 6. The molecule has 3 rings (SSSR count). The predicted molar refractivity (Wildman–Crippen MR) is 95.3 cm³/mol. The number of fused-ring (bicyclic) bond motifs is 1. The molecule has 0 radical (unpaired) electrons. The van der Waals surface area contributed by atoms with Crippen LogP contribution in [0.1, 0.15) is 12.0 Å². The Morgan fingerprint density at radius 2 is 2.28 bits per heavy atom. The van der Waals surface area contributed by atoms with Crippen molar-refractivity contribution in [2.75, 3.05) is 11.8 Å². The third-order valence-electron chi connectivity index (χ3n) is 3.45. The molecule has 0 saturated carbocycles. The smallest absolute Gasteiger partial charge is 0.218 e. The van der Waals surface area contributed by atoms with Crippen molar-refractivity contribution in [2.24, 2.45) is 0 Å². The molecule has 1 aromatic carbocycles. The van der Waals surface area contributed by atoms with Crippen LogP contribution in [0.3, 0.4) is 0 Å². The molecule has 9 heteroatoms. The minimum atomic E-state index is -0.524. The van der Waals surface area contributed by atoms with E-state index in [-0.39, 0.29) is 12.2 Å². The highest BCUT2D eigenvalue weighted by Gasteiger charge is 2.14. The molecule has 3 aromatic rings. The van der Waals surface area contributed by atoms with Crippen molar-refractivity contribution in [3.05, 3.63) is 40.7 Å². The number of anilines is 1. The van der Waals surface area contributed by atoms with Crippen molar-refractivity contribution in [1.29, 1.82) is 5.26 Å². The molecule has 0 atom stereocenters. The fourth-order valence-corrected chi connectivity index (χ4v) is 3.16. The molecular weight excluding hydrogens is 365 g/mol. The summed E-state index contributed by atoms with van der Waals surface area (Å²) in [5.74, 6) is -0.199. The van der Waals surface area contributed by atoms with E-state index in [2.05, 4.69) is 19.9 Å². The zero-order valence-electron chi connectivity index (χ0n) is 13.1.